The van der Waals surface area contributed by atoms with Gasteiger partial charge < -0.3 is 10.2 Å². The number of nitrogens with zero attached hydrogens (tertiary/aromatic N) is 5. The SMILES string of the molecule is CC(C)c1nc(-c2cccc(NS(=O)(=O)c3c(F)cccc3F)c2)c(-c2ccnc(Nc3ccc(N4CCN(CCS(C)(=O)=O)CC4)c(F)c3)n2)s1. The Morgan fingerprint density at radius 2 is 1.56 bits per heavy atom. The van der Waals surface area contributed by atoms with E-state index in [2.05, 4.69) is 19.9 Å². The van der Waals surface area contributed by atoms with Gasteiger partial charge in [-0.1, -0.05) is 32.0 Å². The number of sulfonamides is 1. The van der Waals surface area contributed by atoms with Gasteiger partial charge in [-0.05, 0) is 48.5 Å². The normalized spacial score (nSPS) is 14.2. The summed E-state index contributed by atoms with van der Waals surface area (Å²) in [6.07, 6.45) is 2.78. The van der Waals surface area contributed by atoms with Crippen molar-refractivity contribution in [3.8, 4) is 21.8 Å². The van der Waals surface area contributed by atoms with Crippen LogP contribution in [0.15, 0.2) is 77.8 Å². The van der Waals surface area contributed by atoms with Gasteiger partial charge in [0.05, 0.1) is 32.7 Å². The smallest absolute Gasteiger partial charge is 0.267 e. The van der Waals surface area contributed by atoms with Crippen molar-refractivity contribution >= 4 is 54.2 Å². The summed E-state index contributed by atoms with van der Waals surface area (Å²) in [5, 5.41) is 3.87. The van der Waals surface area contributed by atoms with Gasteiger partial charge in [-0.2, -0.15) is 0 Å². The molecule has 0 atom stereocenters. The molecule has 0 unspecified atom stereocenters. The number of anilines is 4. The predicted octanol–water partition coefficient (Wildman–Crippen LogP) is 6.52. The summed E-state index contributed by atoms with van der Waals surface area (Å²) in [7, 11) is -7.65. The highest BCUT2D eigenvalue weighted by Crippen LogP contribution is 2.39. The number of rotatable bonds is 12. The Labute approximate surface area is 304 Å². The monoisotopic (exact) mass is 771 g/mol. The third-order valence-corrected chi connectivity index (χ3v) is 12.0. The Kier molecular flexibility index (Phi) is 10.9. The van der Waals surface area contributed by atoms with Crippen molar-refractivity contribution in [2.24, 2.45) is 0 Å². The minimum Gasteiger partial charge on any atom is -0.367 e. The van der Waals surface area contributed by atoms with Crippen LogP contribution in [0, 0.1) is 17.5 Å². The number of thiazole rings is 1. The Balaban J connectivity index is 1.21. The number of benzene rings is 3. The standard InChI is InChI=1S/C35H36F3N7O4S3/c1-22(2)34-42-31(23-6-4-7-25(20-23)43-52(48,49)33-26(36)8-5-9-27(33)37)32(50-34)29-12-13-39-35(41-29)40-24-10-11-30(28(38)21-24)45-16-14-44(15-17-45)18-19-51(3,46)47/h4-13,20-22,43H,14-19H2,1-3H3,(H,39,40,41). The molecule has 0 radical (unpaired) electrons. The first-order valence-corrected chi connectivity index (χ1v) is 20.7. The van der Waals surface area contributed by atoms with E-state index in [1.807, 2.05) is 18.7 Å². The van der Waals surface area contributed by atoms with E-state index in [0.29, 0.717) is 65.9 Å². The quantitative estimate of drug-likeness (QED) is 0.144. The van der Waals surface area contributed by atoms with Crippen LogP contribution in [0.3, 0.4) is 0 Å². The van der Waals surface area contributed by atoms with Crippen LogP contribution < -0.4 is 14.9 Å². The lowest BCUT2D eigenvalue weighted by Gasteiger charge is -2.36. The van der Waals surface area contributed by atoms with Gasteiger partial charge >= 0.3 is 0 Å². The molecule has 0 amide bonds. The molecule has 6 rings (SSSR count). The zero-order valence-electron chi connectivity index (χ0n) is 28.5. The molecule has 1 saturated heterocycles. The van der Waals surface area contributed by atoms with Gasteiger partial charge in [0, 0.05) is 68.0 Å². The molecule has 0 saturated carbocycles. The number of piperazine rings is 1. The van der Waals surface area contributed by atoms with Crippen LogP contribution in [0.5, 0.6) is 0 Å². The molecule has 52 heavy (non-hydrogen) atoms. The van der Waals surface area contributed by atoms with E-state index in [4.69, 9.17) is 9.97 Å². The number of hydrogen-bond donors (Lipinski definition) is 2. The second-order valence-electron chi connectivity index (χ2n) is 12.6. The summed E-state index contributed by atoms with van der Waals surface area (Å²) in [5.41, 5.74) is 2.53. The average Bonchev–Trinajstić information content (AvgIpc) is 3.54. The summed E-state index contributed by atoms with van der Waals surface area (Å²) < 4.78 is 95.3. The predicted molar refractivity (Wildman–Crippen MR) is 198 cm³/mol. The molecule has 11 nitrogen and oxygen atoms in total. The maximum Gasteiger partial charge on any atom is 0.267 e. The lowest BCUT2D eigenvalue weighted by Crippen LogP contribution is -2.47. The topological polar surface area (TPSA) is 137 Å². The Hall–Kier alpha value is -4.58. The van der Waals surface area contributed by atoms with Crippen LogP contribution >= 0.6 is 11.3 Å². The van der Waals surface area contributed by atoms with E-state index in [9.17, 15) is 25.6 Å². The fourth-order valence-electron chi connectivity index (χ4n) is 5.65. The van der Waals surface area contributed by atoms with E-state index in [1.165, 1.54) is 35.8 Å². The van der Waals surface area contributed by atoms with Gasteiger partial charge in [0.15, 0.2) is 4.90 Å². The minimum absolute atomic E-state index is 0.0552. The van der Waals surface area contributed by atoms with Crippen LogP contribution in [0.4, 0.5) is 36.2 Å². The van der Waals surface area contributed by atoms with Gasteiger partial charge in [-0.25, -0.2) is 45.0 Å². The molecule has 0 spiro atoms. The van der Waals surface area contributed by atoms with Crippen molar-refractivity contribution in [3.63, 3.8) is 0 Å². The largest absolute Gasteiger partial charge is 0.367 e. The van der Waals surface area contributed by atoms with Crippen molar-refractivity contribution < 1.29 is 30.0 Å². The van der Waals surface area contributed by atoms with Gasteiger partial charge in [0.1, 0.15) is 27.3 Å². The summed E-state index contributed by atoms with van der Waals surface area (Å²) >= 11 is 1.41. The van der Waals surface area contributed by atoms with Gasteiger partial charge in [0.25, 0.3) is 10.0 Å². The highest BCUT2D eigenvalue weighted by atomic mass is 32.2. The first kappa shape index (κ1) is 37.2. The van der Waals surface area contributed by atoms with Crippen molar-refractivity contribution in [3.05, 3.63) is 95.4 Å². The summed E-state index contributed by atoms with van der Waals surface area (Å²) in [4.78, 5) is 17.5. The molecule has 3 aromatic carbocycles. The molecular weight excluding hydrogens is 736 g/mol. The van der Waals surface area contributed by atoms with Crippen LogP contribution in [0.1, 0.15) is 24.8 Å². The first-order chi connectivity index (χ1) is 24.7. The molecule has 5 aromatic rings. The van der Waals surface area contributed by atoms with Crippen LogP contribution in [0.2, 0.25) is 0 Å². The summed E-state index contributed by atoms with van der Waals surface area (Å²) in [6, 6.07) is 15.7. The van der Waals surface area contributed by atoms with Crippen molar-refractivity contribution in [1.29, 1.82) is 0 Å². The molecule has 1 aliphatic rings. The fraction of sp³-hybridized carbons (Fsp3) is 0.286. The van der Waals surface area contributed by atoms with E-state index >= 15 is 4.39 Å². The Bertz CT molecular complexity index is 2290. The molecule has 1 fully saturated rings. The minimum atomic E-state index is -4.60. The number of nitrogens with one attached hydrogen (secondary N) is 2. The van der Waals surface area contributed by atoms with E-state index < -0.39 is 42.2 Å². The second-order valence-corrected chi connectivity index (χ2v) is 17.5. The zero-order chi connectivity index (χ0) is 37.2. The van der Waals surface area contributed by atoms with Crippen LogP contribution in [-0.2, 0) is 19.9 Å². The molecule has 0 bridgehead atoms. The fourth-order valence-corrected chi connectivity index (χ4v) is 8.49. The van der Waals surface area contributed by atoms with E-state index in [1.54, 1.807) is 36.5 Å². The Morgan fingerprint density at radius 3 is 2.23 bits per heavy atom. The number of halogens is 3. The molecule has 0 aliphatic carbocycles. The lowest BCUT2D eigenvalue weighted by molar-refractivity contribution is 0.271. The summed E-state index contributed by atoms with van der Waals surface area (Å²) in [5.74, 6) is -2.49. The molecule has 274 valence electrons. The first-order valence-electron chi connectivity index (χ1n) is 16.3. The highest BCUT2D eigenvalue weighted by molar-refractivity contribution is 7.92. The number of sulfone groups is 1. The molecule has 1 aliphatic heterocycles. The number of hydrogen-bond acceptors (Lipinski definition) is 11. The summed E-state index contributed by atoms with van der Waals surface area (Å²) in [6.45, 7) is 6.81. The molecule has 3 heterocycles. The van der Waals surface area contributed by atoms with Crippen molar-refractivity contribution in [2.45, 2.75) is 24.7 Å². The van der Waals surface area contributed by atoms with Crippen molar-refractivity contribution in [2.75, 3.05) is 59.7 Å². The lowest BCUT2D eigenvalue weighted by atomic mass is 10.1. The van der Waals surface area contributed by atoms with Gasteiger partial charge in [-0.15, -0.1) is 11.3 Å². The molecular formula is C35H36F3N7O4S3. The van der Waals surface area contributed by atoms with E-state index in [0.717, 1.165) is 23.2 Å². The maximum atomic E-state index is 15.4. The third-order valence-electron chi connectivity index (χ3n) is 8.30. The van der Waals surface area contributed by atoms with Crippen LogP contribution in [0.25, 0.3) is 21.8 Å². The average molecular weight is 772 g/mol. The second kappa shape index (κ2) is 15.2. The third kappa shape index (κ3) is 8.71. The van der Waals surface area contributed by atoms with E-state index in [-0.39, 0.29) is 23.3 Å². The highest BCUT2D eigenvalue weighted by Gasteiger charge is 2.25. The Morgan fingerprint density at radius 1 is 0.846 bits per heavy atom. The van der Waals surface area contributed by atoms with Crippen LogP contribution in [-0.4, -0.2) is 81.4 Å². The maximum absolute atomic E-state index is 15.4. The van der Waals surface area contributed by atoms with Gasteiger partial charge in [0.2, 0.25) is 5.95 Å². The molecule has 2 N–H and O–H groups in total. The molecule has 17 heteroatoms. The number of aromatic nitrogens is 3. The van der Waals surface area contributed by atoms with Crippen molar-refractivity contribution in [1.82, 2.24) is 19.9 Å². The zero-order valence-corrected chi connectivity index (χ0v) is 30.9. The molecule has 2 aromatic heterocycles. The van der Waals surface area contributed by atoms with Gasteiger partial charge in [-0.3, -0.25) is 9.62 Å².